The Kier molecular flexibility index (Phi) is 3.29. The number of thioether (sulfide) groups is 1. The van der Waals surface area contributed by atoms with Crippen molar-refractivity contribution in [2.24, 2.45) is 0 Å². The third-order valence-corrected chi connectivity index (χ3v) is 3.76. The normalized spacial score (nSPS) is 16.2. The van der Waals surface area contributed by atoms with Crippen molar-refractivity contribution in [2.75, 3.05) is 0 Å². The van der Waals surface area contributed by atoms with Crippen molar-refractivity contribution >= 4 is 23.3 Å². The second-order valence-corrected chi connectivity index (χ2v) is 4.98. The van der Waals surface area contributed by atoms with Gasteiger partial charge < -0.3 is 0 Å². The highest BCUT2D eigenvalue weighted by molar-refractivity contribution is 8.04. The van der Waals surface area contributed by atoms with Crippen LogP contribution in [0.3, 0.4) is 0 Å². The van der Waals surface area contributed by atoms with Crippen LogP contribution in [0.1, 0.15) is 13.8 Å². The fraction of sp³-hybridized carbons (Fsp3) is 0.143. The minimum Gasteiger partial charge on any atom is -0.290 e. The standard InChI is InChI=1S/C14H12O2S/c1-9-10(2)14(16)13(8-12(9)15)17-11-6-4-3-5-7-11/h3-8H,1-2H3. The minimum atomic E-state index is -0.0690. The van der Waals surface area contributed by atoms with E-state index in [1.807, 2.05) is 30.3 Å². The molecule has 0 amide bonds. The van der Waals surface area contributed by atoms with E-state index < -0.39 is 0 Å². The van der Waals surface area contributed by atoms with E-state index in [1.54, 1.807) is 13.8 Å². The van der Waals surface area contributed by atoms with E-state index in [9.17, 15) is 9.59 Å². The van der Waals surface area contributed by atoms with Crippen LogP contribution >= 0.6 is 11.8 Å². The first-order valence-corrected chi connectivity index (χ1v) is 6.12. The Morgan fingerprint density at radius 1 is 0.941 bits per heavy atom. The molecule has 0 heterocycles. The molecule has 0 bridgehead atoms. The zero-order chi connectivity index (χ0) is 12.4. The van der Waals surface area contributed by atoms with E-state index in [0.29, 0.717) is 16.1 Å². The van der Waals surface area contributed by atoms with Crippen molar-refractivity contribution in [1.82, 2.24) is 0 Å². The van der Waals surface area contributed by atoms with Gasteiger partial charge in [0.1, 0.15) is 0 Å². The molecular weight excluding hydrogens is 232 g/mol. The van der Waals surface area contributed by atoms with E-state index in [2.05, 4.69) is 0 Å². The van der Waals surface area contributed by atoms with Crippen molar-refractivity contribution in [2.45, 2.75) is 18.7 Å². The van der Waals surface area contributed by atoms with Gasteiger partial charge in [0.05, 0.1) is 4.91 Å². The van der Waals surface area contributed by atoms with Crippen LogP contribution in [0.5, 0.6) is 0 Å². The number of allylic oxidation sites excluding steroid dienone is 4. The lowest BCUT2D eigenvalue weighted by molar-refractivity contribution is -0.115. The van der Waals surface area contributed by atoms with Crippen LogP contribution in [0.4, 0.5) is 0 Å². The van der Waals surface area contributed by atoms with Gasteiger partial charge in [0.15, 0.2) is 11.6 Å². The van der Waals surface area contributed by atoms with Gasteiger partial charge in [-0.1, -0.05) is 30.0 Å². The summed E-state index contributed by atoms with van der Waals surface area (Å²) in [5, 5.41) is 0. The monoisotopic (exact) mass is 244 g/mol. The Bertz CT molecular complexity index is 539. The third kappa shape index (κ3) is 2.39. The average molecular weight is 244 g/mol. The van der Waals surface area contributed by atoms with Crippen LogP contribution in [0.15, 0.2) is 57.4 Å². The van der Waals surface area contributed by atoms with Gasteiger partial charge in [-0.05, 0) is 26.0 Å². The molecule has 3 heteroatoms. The van der Waals surface area contributed by atoms with Crippen molar-refractivity contribution in [1.29, 1.82) is 0 Å². The lowest BCUT2D eigenvalue weighted by atomic mass is 9.97. The summed E-state index contributed by atoms with van der Waals surface area (Å²) in [5.74, 6) is -0.114. The molecule has 17 heavy (non-hydrogen) atoms. The zero-order valence-corrected chi connectivity index (χ0v) is 10.5. The Labute approximate surface area is 104 Å². The van der Waals surface area contributed by atoms with E-state index in [1.165, 1.54) is 17.8 Å². The van der Waals surface area contributed by atoms with Gasteiger partial charge in [-0.25, -0.2) is 0 Å². The SMILES string of the molecule is CC1=C(C)C(=O)C(Sc2ccccc2)=CC1=O. The molecule has 1 aliphatic carbocycles. The Balaban J connectivity index is 2.27. The number of hydrogen-bond acceptors (Lipinski definition) is 3. The molecule has 1 aromatic rings. The van der Waals surface area contributed by atoms with Crippen LogP contribution in [-0.2, 0) is 9.59 Å². The molecule has 86 valence electrons. The van der Waals surface area contributed by atoms with Crippen LogP contribution in [0, 0.1) is 0 Å². The van der Waals surface area contributed by atoms with Crippen LogP contribution in [-0.4, -0.2) is 11.6 Å². The maximum atomic E-state index is 12.0. The maximum absolute atomic E-state index is 12.0. The summed E-state index contributed by atoms with van der Waals surface area (Å²) in [6.45, 7) is 3.39. The lowest BCUT2D eigenvalue weighted by Crippen LogP contribution is -2.14. The maximum Gasteiger partial charge on any atom is 0.195 e. The number of carbonyl (C=O) groups is 2. The summed E-state index contributed by atoms with van der Waals surface area (Å²) >= 11 is 1.34. The molecule has 0 aromatic heterocycles. The Morgan fingerprint density at radius 2 is 1.59 bits per heavy atom. The molecule has 0 saturated heterocycles. The first-order valence-electron chi connectivity index (χ1n) is 5.30. The van der Waals surface area contributed by atoms with Crippen LogP contribution in [0.25, 0.3) is 0 Å². The average Bonchev–Trinajstić information content (AvgIpc) is 2.35. The molecule has 0 saturated carbocycles. The summed E-state index contributed by atoms with van der Waals surface area (Å²) < 4.78 is 0. The second kappa shape index (κ2) is 4.72. The van der Waals surface area contributed by atoms with Gasteiger partial charge >= 0.3 is 0 Å². The van der Waals surface area contributed by atoms with Crippen molar-refractivity contribution in [3.8, 4) is 0 Å². The van der Waals surface area contributed by atoms with E-state index in [-0.39, 0.29) is 11.6 Å². The van der Waals surface area contributed by atoms with E-state index in [4.69, 9.17) is 0 Å². The first kappa shape index (κ1) is 11.9. The number of Topliss-reactive ketones (excluding diaryl/α,β-unsaturated/α-hetero) is 1. The Morgan fingerprint density at radius 3 is 2.24 bits per heavy atom. The molecule has 0 aliphatic heterocycles. The molecule has 0 radical (unpaired) electrons. The fourth-order valence-electron chi connectivity index (χ4n) is 1.52. The lowest BCUT2D eigenvalue weighted by Gasteiger charge is -2.13. The Hall–Kier alpha value is -1.61. The zero-order valence-electron chi connectivity index (χ0n) is 9.69. The minimum absolute atomic E-state index is 0.0454. The summed E-state index contributed by atoms with van der Waals surface area (Å²) in [4.78, 5) is 25.1. The first-order chi connectivity index (χ1) is 8.09. The van der Waals surface area contributed by atoms with E-state index >= 15 is 0 Å². The molecular formula is C14H12O2S. The highest BCUT2D eigenvalue weighted by Crippen LogP contribution is 2.32. The van der Waals surface area contributed by atoms with E-state index in [0.717, 1.165) is 4.90 Å². The molecule has 1 aromatic carbocycles. The van der Waals surface area contributed by atoms with Gasteiger partial charge in [-0.3, -0.25) is 9.59 Å². The van der Waals surface area contributed by atoms with Gasteiger partial charge in [0.25, 0.3) is 0 Å². The fourth-order valence-corrected chi connectivity index (χ4v) is 2.48. The topological polar surface area (TPSA) is 34.1 Å². The summed E-state index contributed by atoms with van der Waals surface area (Å²) in [5.41, 5.74) is 1.10. The molecule has 0 atom stereocenters. The van der Waals surface area contributed by atoms with Crippen molar-refractivity contribution in [3.05, 3.63) is 52.5 Å². The van der Waals surface area contributed by atoms with Gasteiger partial charge in [-0.2, -0.15) is 0 Å². The molecule has 1 aliphatic rings. The molecule has 0 fully saturated rings. The van der Waals surface area contributed by atoms with Crippen molar-refractivity contribution in [3.63, 3.8) is 0 Å². The number of carbonyl (C=O) groups excluding carboxylic acids is 2. The highest BCUT2D eigenvalue weighted by atomic mass is 32.2. The number of hydrogen-bond donors (Lipinski definition) is 0. The molecule has 2 nitrogen and oxygen atoms in total. The smallest absolute Gasteiger partial charge is 0.195 e. The molecule has 0 spiro atoms. The summed E-state index contributed by atoms with van der Waals surface area (Å²) in [6.07, 6.45) is 1.43. The highest BCUT2D eigenvalue weighted by Gasteiger charge is 2.23. The quantitative estimate of drug-likeness (QED) is 0.749. The largest absolute Gasteiger partial charge is 0.290 e. The molecule has 0 unspecified atom stereocenters. The summed E-state index contributed by atoms with van der Waals surface area (Å²) in [7, 11) is 0. The van der Waals surface area contributed by atoms with Gasteiger partial charge in [0, 0.05) is 22.1 Å². The number of ketones is 2. The van der Waals surface area contributed by atoms with Crippen molar-refractivity contribution < 1.29 is 9.59 Å². The molecule has 0 N–H and O–H groups in total. The summed E-state index contributed by atoms with van der Waals surface area (Å²) in [6, 6.07) is 9.58. The van der Waals surface area contributed by atoms with Crippen LogP contribution < -0.4 is 0 Å². The third-order valence-electron chi connectivity index (χ3n) is 2.73. The predicted octanol–water partition coefficient (Wildman–Crippen LogP) is 3.15. The van der Waals surface area contributed by atoms with Crippen LogP contribution in [0.2, 0.25) is 0 Å². The second-order valence-electron chi connectivity index (χ2n) is 3.87. The van der Waals surface area contributed by atoms with Gasteiger partial charge in [0.2, 0.25) is 0 Å². The predicted molar refractivity (Wildman–Crippen MR) is 68.8 cm³/mol. The molecule has 2 rings (SSSR count). The number of benzene rings is 1. The van der Waals surface area contributed by atoms with Gasteiger partial charge in [-0.15, -0.1) is 0 Å². The number of rotatable bonds is 2.